The van der Waals surface area contributed by atoms with Crippen LogP contribution in [0.25, 0.3) is 0 Å². The summed E-state index contributed by atoms with van der Waals surface area (Å²) in [5.74, 6) is 0.352. The van der Waals surface area contributed by atoms with Crippen molar-refractivity contribution in [2.45, 2.75) is 44.8 Å². The Morgan fingerprint density at radius 3 is 3.19 bits per heavy atom. The van der Waals surface area contributed by atoms with Crippen LogP contribution < -0.4 is 0 Å². The Bertz CT molecular complexity index is 297. The molecule has 0 saturated carbocycles. The van der Waals surface area contributed by atoms with Gasteiger partial charge in [-0.05, 0) is 37.1 Å². The fourth-order valence-electron chi connectivity index (χ4n) is 2.48. The van der Waals surface area contributed by atoms with Crippen LogP contribution in [0.2, 0.25) is 0 Å². The predicted molar refractivity (Wildman–Crippen MR) is 66.8 cm³/mol. The molecule has 90 valence electrons. The average molecular weight is 240 g/mol. The van der Waals surface area contributed by atoms with Crippen LogP contribution in [0.5, 0.6) is 0 Å². The first-order valence-electron chi connectivity index (χ1n) is 6.13. The quantitative estimate of drug-likeness (QED) is 0.857. The summed E-state index contributed by atoms with van der Waals surface area (Å²) in [7, 11) is 0. The minimum atomic E-state index is -0.199. The van der Waals surface area contributed by atoms with E-state index in [1.807, 2.05) is 0 Å². The summed E-state index contributed by atoms with van der Waals surface area (Å²) in [6.07, 6.45) is 3.97. The molecule has 0 aliphatic carbocycles. The molecule has 0 aromatic carbocycles. The molecule has 0 spiro atoms. The van der Waals surface area contributed by atoms with Crippen LogP contribution in [0.1, 0.15) is 31.1 Å². The topological polar surface area (TPSA) is 29.5 Å². The second-order valence-electron chi connectivity index (χ2n) is 4.46. The van der Waals surface area contributed by atoms with Crippen molar-refractivity contribution in [1.29, 1.82) is 0 Å². The Hall–Kier alpha value is -0.380. The Balaban J connectivity index is 1.81. The fraction of sp³-hybridized carbons (Fsp3) is 0.692. The molecule has 2 rings (SSSR count). The molecule has 2 heterocycles. The van der Waals surface area contributed by atoms with Crippen LogP contribution in [0.4, 0.5) is 0 Å². The molecule has 3 unspecified atom stereocenters. The monoisotopic (exact) mass is 240 g/mol. The summed E-state index contributed by atoms with van der Waals surface area (Å²) in [5, 5.41) is 12.3. The van der Waals surface area contributed by atoms with E-state index in [0.717, 1.165) is 32.3 Å². The largest absolute Gasteiger partial charge is 0.393 e. The molecule has 1 aliphatic rings. The van der Waals surface area contributed by atoms with E-state index in [4.69, 9.17) is 4.74 Å². The van der Waals surface area contributed by atoms with E-state index in [1.54, 1.807) is 11.3 Å². The van der Waals surface area contributed by atoms with Gasteiger partial charge in [0.1, 0.15) is 0 Å². The van der Waals surface area contributed by atoms with Gasteiger partial charge in [0.2, 0.25) is 0 Å². The molecule has 1 aliphatic heterocycles. The zero-order valence-corrected chi connectivity index (χ0v) is 10.6. The lowest BCUT2D eigenvalue weighted by molar-refractivity contribution is 0.0281. The molecule has 1 saturated heterocycles. The van der Waals surface area contributed by atoms with E-state index in [2.05, 4.69) is 24.4 Å². The predicted octanol–water partition coefficient (Wildman–Crippen LogP) is 2.86. The summed E-state index contributed by atoms with van der Waals surface area (Å²) >= 11 is 1.77. The van der Waals surface area contributed by atoms with Crippen molar-refractivity contribution in [2.75, 3.05) is 6.61 Å². The fourth-order valence-corrected chi connectivity index (χ4v) is 3.21. The summed E-state index contributed by atoms with van der Waals surface area (Å²) in [6, 6.07) is 4.21. The second-order valence-corrected chi connectivity index (χ2v) is 5.49. The molecular formula is C13H20O2S. The molecule has 0 radical (unpaired) electrons. The molecule has 3 atom stereocenters. The summed E-state index contributed by atoms with van der Waals surface area (Å²) < 4.78 is 5.62. The van der Waals surface area contributed by atoms with Gasteiger partial charge in [0.05, 0.1) is 12.2 Å². The Labute approximate surface area is 101 Å². The van der Waals surface area contributed by atoms with Gasteiger partial charge in [-0.2, -0.15) is 0 Å². The van der Waals surface area contributed by atoms with Gasteiger partial charge in [-0.25, -0.2) is 0 Å². The number of thiophene rings is 1. The summed E-state index contributed by atoms with van der Waals surface area (Å²) in [4.78, 5) is 1.37. The first-order valence-corrected chi connectivity index (χ1v) is 7.01. The van der Waals surface area contributed by atoms with Crippen LogP contribution in [0.3, 0.4) is 0 Å². The molecule has 3 heteroatoms. The van der Waals surface area contributed by atoms with Crippen molar-refractivity contribution in [2.24, 2.45) is 5.92 Å². The zero-order valence-electron chi connectivity index (χ0n) is 9.76. The third kappa shape index (κ3) is 2.84. The van der Waals surface area contributed by atoms with Gasteiger partial charge in [-0.3, -0.25) is 0 Å². The van der Waals surface area contributed by atoms with Crippen molar-refractivity contribution in [3.63, 3.8) is 0 Å². The highest BCUT2D eigenvalue weighted by molar-refractivity contribution is 7.09. The molecule has 1 fully saturated rings. The van der Waals surface area contributed by atoms with E-state index >= 15 is 0 Å². The summed E-state index contributed by atoms with van der Waals surface area (Å²) in [6.45, 7) is 2.95. The third-order valence-electron chi connectivity index (χ3n) is 3.42. The van der Waals surface area contributed by atoms with Crippen molar-refractivity contribution in [1.82, 2.24) is 0 Å². The van der Waals surface area contributed by atoms with Crippen molar-refractivity contribution in [3.8, 4) is 0 Å². The maximum absolute atomic E-state index is 10.2. The first kappa shape index (κ1) is 12.1. The van der Waals surface area contributed by atoms with E-state index in [0.29, 0.717) is 5.92 Å². The van der Waals surface area contributed by atoms with Gasteiger partial charge in [0.15, 0.2) is 0 Å². The Kier molecular flexibility index (Phi) is 4.38. The maximum atomic E-state index is 10.2. The van der Waals surface area contributed by atoms with Crippen molar-refractivity contribution < 1.29 is 9.84 Å². The Morgan fingerprint density at radius 2 is 2.50 bits per heavy atom. The lowest BCUT2D eigenvalue weighted by Crippen LogP contribution is -2.28. The molecule has 1 aromatic rings. The number of aliphatic hydroxyl groups excluding tert-OH is 1. The molecule has 1 N–H and O–H groups in total. The van der Waals surface area contributed by atoms with Gasteiger partial charge >= 0.3 is 0 Å². The molecular weight excluding hydrogens is 220 g/mol. The van der Waals surface area contributed by atoms with Gasteiger partial charge in [0.25, 0.3) is 0 Å². The number of aryl methyl sites for hydroxylation is 1. The molecule has 0 amide bonds. The SMILES string of the molecule is CCC1OCCC1C(O)CCc1cccs1. The van der Waals surface area contributed by atoms with E-state index in [1.165, 1.54) is 4.88 Å². The van der Waals surface area contributed by atoms with Crippen molar-refractivity contribution in [3.05, 3.63) is 22.4 Å². The number of aliphatic hydroxyl groups is 1. The van der Waals surface area contributed by atoms with Gasteiger partial charge in [-0.15, -0.1) is 11.3 Å². The van der Waals surface area contributed by atoms with Gasteiger partial charge < -0.3 is 9.84 Å². The lowest BCUT2D eigenvalue weighted by atomic mass is 9.90. The minimum absolute atomic E-state index is 0.199. The number of rotatable bonds is 5. The highest BCUT2D eigenvalue weighted by atomic mass is 32.1. The van der Waals surface area contributed by atoms with E-state index in [-0.39, 0.29) is 12.2 Å². The second kappa shape index (κ2) is 5.80. The zero-order chi connectivity index (χ0) is 11.4. The van der Waals surface area contributed by atoms with Gasteiger partial charge in [0, 0.05) is 17.4 Å². The molecule has 2 nitrogen and oxygen atoms in total. The van der Waals surface area contributed by atoms with E-state index < -0.39 is 0 Å². The smallest absolute Gasteiger partial charge is 0.0626 e. The maximum Gasteiger partial charge on any atom is 0.0626 e. The summed E-state index contributed by atoms with van der Waals surface area (Å²) in [5.41, 5.74) is 0. The first-order chi connectivity index (χ1) is 7.81. The number of hydrogen-bond donors (Lipinski definition) is 1. The van der Waals surface area contributed by atoms with Crippen LogP contribution in [0.15, 0.2) is 17.5 Å². The number of hydrogen-bond acceptors (Lipinski definition) is 3. The van der Waals surface area contributed by atoms with Crippen LogP contribution in [-0.4, -0.2) is 23.9 Å². The van der Waals surface area contributed by atoms with Crippen molar-refractivity contribution >= 4 is 11.3 Å². The molecule has 0 bridgehead atoms. The third-order valence-corrected chi connectivity index (χ3v) is 4.36. The standard InChI is InChI=1S/C13H20O2S/c1-2-13-11(7-8-15-13)12(14)6-5-10-4-3-9-16-10/h3-4,9,11-14H,2,5-8H2,1H3. The lowest BCUT2D eigenvalue weighted by Gasteiger charge is -2.22. The van der Waals surface area contributed by atoms with Crippen LogP contribution in [0, 0.1) is 5.92 Å². The molecule has 1 aromatic heterocycles. The Morgan fingerprint density at radius 1 is 1.62 bits per heavy atom. The highest BCUT2D eigenvalue weighted by Crippen LogP contribution is 2.28. The average Bonchev–Trinajstić information content (AvgIpc) is 2.96. The highest BCUT2D eigenvalue weighted by Gasteiger charge is 2.32. The normalized spacial score (nSPS) is 27.1. The van der Waals surface area contributed by atoms with Gasteiger partial charge in [-0.1, -0.05) is 13.0 Å². The van der Waals surface area contributed by atoms with E-state index in [9.17, 15) is 5.11 Å². The number of ether oxygens (including phenoxy) is 1. The molecule has 16 heavy (non-hydrogen) atoms. The van der Waals surface area contributed by atoms with Crippen LogP contribution >= 0.6 is 11.3 Å². The minimum Gasteiger partial charge on any atom is -0.393 e. The van der Waals surface area contributed by atoms with Crippen LogP contribution in [-0.2, 0) is 11.2 Å².